The molecule has 0 radical (unpaired) electrons. The van der Waals surface area contributed by atoms with Gasteiger partial charge in [-0.15, -0.1) is 0 Å². The summed E-state index contributed by atoms with van der Waals surface area (Å²) in [6.07, 6.45) is 3.51. The summed E-state index contributed by atoms with van der Waals surface area (Å²) in [4.78, 5) is 14.1. The number of benzene rings is 1. The monoisotopic (exact) mass is 288 g/mol. The van der Waals surface area contributed by atoms with E-state index in [0.29, 0.717) is 18.7 Å². The number of piperazine rings is 1. The molecule has 2 rings (SSSR count). The van der Waals surface area contributed by atoms with Gasteiger partial charge in [-0.3, -0.25) is 4.79 Å². The van der Waals surface area contributed by atoms with Crippen molar-refractivity contribution in [2.45, 2.75) is 32.9 Å². The lowest BCUT2D eigenvalue weighted by Gasteiger charge is -2.35. The third-order valence-electron chi connectivity index (χ3n) is 3.48. The first-order valence-corrected chi connectivity index (χ1v) is 7.54. The zero-order valence-corrected chi connectivity index (χ0v) is 13.0. The SMILES string of the molecule is CCOc1ccc(C=CC(=O)N2CC(C)NC(C)C2)cc1. The number of amides is 1. The first-order valence-electron chi connectivity index (χ1n) is 7.54. The van der Waals surface area contributed by atoms with E-state index >= 15 is 0 Å². The molecule has 1 aliphatic rings. The molecule has 1 aromatic rings. The van der Waals surface area contributed by atoms with Gasteiger partial charge in [0.05, 0.1) is 6.61 Å². The lowest BCUT2D eigenvalue weighted by molar-refractivity contribution is -0.127. The molecule has 1 saturated heterocycles. The van der Waals surface area contributed by atoms with Crippen molar-refractivity contribution in [2.24, 2.45) is 0 Å². The highest BCUT2D eigenvalue weighted by atomic mass is 16.5. The molecule has 1 fully saturated rings. The fourth-order valence-electron chi connectivity index (χ4n) is 2.62. The van der Waals surface area contributed by atoms with E-state index in [1.807, 2.05) is 42.2 Å². The molecule has 2 atom stereocenters. The third-order valence-corrected chi connectivity index (χ3v) is 3.48. The predicted octanol–water partition coefficient (Wildman–Crippen LogP) is 2.31. The van der Waals surface area contributed by atoms with Crippen LogP contribution in [0, 0.1) is 0 Å². The van der Waals surface area contributed by atoms with Crippen LogP contribution in [0.3, 0.4) is 0 Å². The third kappa shape index (κ3) is 4.60. The topological polar surface area (TPSA) is 41.6 Å². The van der Waals surface area contributed by atoms with Gasteiger partial charge in [-0.05, 0) is 44.5 Å². The van der Waals surface area contributed by atoms with Crippen molar-refractivity contribution in [3.63, 3.8) is 0 Å². The molecule has 1 N–H and O–H groups in total. The van der Waals surface area contributed by atoms with Crippen LogP contribution in [0.2, 0.25) is 0 Å². The van der Waals surface area contributed by atoms with Gasteiger partial charge < -0.3 is 15.0 Å². The van der Waals surface area contributed by atoms with Crippen LogP contribution >= 0.6 is 0 Å². The summed E-state index contributed by atoms with van der Waals surface area (Å²) in [6, 6.07) is 8.44. The number of nitrogens with one attached hydrogen (secondary N) is 1. The first kappa shape index (κ1) is 15.6. The number of hydrogen-bond donors (Lipinski definition) is 1. The molecule has 0 aromatic heterocycles. The molecule has 21 heavy (non-hydrogen) atoms. The molecule has 114 valence electrons. The molecule has 1 amide bonds. The Hall–Kier alpha value is -1.81. The molecule has 0 saturated carbocycles. The van der Waals surface area contributed by atoms with Gasteiger partial charge in [-0.2, -0.15) is 0 Å². The molecular weight excluding hydrogens is 264 g/mol. The maximum Gasteiger partial charge on any atom is 0.246 e. The Labute approximate surface area is 126 Å². The summed E-state index contributed by atoms with van der Waals surface area (Å²) >= 11 is 0. The second kappa shape index (κ2) is 7.27. The summed E-state index contributed by atoms with van der Waals surface area (Å²) in [5.74, 6) is 0.926. The lowest BCUT2D eigenvalue weighted by atomic mass is 10.1. The lowest BCUT2D eigenvalue weighted by Crippen LogP contribution is -2.55. The average Bonchev–Trinajstić information content (AvgIpc) is 2.45. The van der Waals surface area contributed by atoms with E-state index in [4.69, 9.17) is 4.74 Å². The van der Waals surface area contributed by atoms with E-state index in [-0.39, 0.29) is 5.91 Å². The number of hydrogen-bond acceptors (Lipinski definition) is 3. The first-order chi connectivity index (χ1) is 10.1. The van der Waals surface area contributed by atoms with Gasteiger partial charge in [0.25, 0.3) is 0 Å². The van der Waals surface area contributed by atoms with Crippen LogP contribution in [0.5, 0.6) is 5.75 Å². The summed E-state index contributed by atoms with van der Waals surface area (Å²) < 4.78 is 5.40. The van der Waals surface area contributed by atoms with Crippen LogP contribution in [0.25, 0.3) is 6.08 Å². The summed E-state index contributed by atoms with van der Waals surface area (Å²) in [5.41, 5.74) is 1.00. The van der Waals surface area contributed by atoms with E-state index < -0.39 is 0 Å². The van der Waals surface area contributed by atoms with Crippen LogP contribution in [0.1, 0.15) is 26.3 Å². The minimum Gasteiger partial charge on any atom is -0.494 e. The van der Waals surface area contributed by atoms with Gasteiger partial charge in [-0.25, -0.2) is 0 Å². The van der Waals surface area contributed by atoms with Gasteiger partial charge in [-0.1, -0.05) is 12.1 Å². The van der Waals surface area contributed by atoms with E-state index in [1.165, 1.54) is 0 Å². The van der Waals surface area contributed by atoms with Crippen LogP contribution in [-0.2, 0) is 4.79 Å². The molecule has 1 aromatic carbocycles. The molecule has 2 unspecified atom stereocenters. The molecule has 0 spiro atoms. The number of carbonyl (C=O) groups is 1. The van der Waals surface area contributed by atoms with E-state index in [1.54, 1.807) is 6.08 Å². The Morgan fingerprint density at radius 2 is 1.90 bits per heavy atom. The fourth-order valence-corrected chi connectivity index (χ4v) is 2.62. The maximum atomic E-state index is 12.2. The van der Waals surface area contributed by atoms with Crippen molar-refractivity contribution in [1.29, 1.82) is 0 Å². The maximum absolute atomic E-state index is 12.2. The molecule has 1 aliphatic heterocycles. The van der Waals surface area contributed by atoms with Gasteiger partial charge >= 0.3 is 0 Å². The van der Waals surface area contributed by atoms with Crippen molar-refractivity contribution in [1.82, 2.24) is 10.2 Å². The van der Waals surface area contributed by atoms with Crippen LogP contribution in [-0.4, -0.2) is 42.6 Å². The minimum atomic E-state index is 0.0732. The Bertz CT molecular complexity index is 486. The Morgan fingerprint density at radius 3 is 2.48 bits per heavy atom. The van der Waals surface area contributed by atoms with Crippen molar-refractivity contribution >= 4 is 12.0 Å². The predicted molar refractivity (Wildman–Crippen MR) is 85.3 cm³/mol. The van der Waals surface area contributed by atoms with Crippen LogP contribution in [0.4, 0.5) is 0 Å². The second-order valence-electron chi connectivity index (χ2n) is 5.55. The molecular formula is C17H24N2O2. The number of nitrogens with zero attached hydrogens (tertiary/aromatic N) is 1. The van der Waals surface area contributed by atoms with Crippen LogP contribution < -0.4 is 10.1 Å². The summed E-state index contributed by atoms with van der Waals surface area (Å²) in [6.45, 7) is 8.35. The molecule has 4 nitrogen and oxygen atoms in total. The highest BCUT2D eigenvalue weighted by Gasteiger charge is 2.23. The number of carbonyl (C=O) groups excluding carboxylic acids is 1. The fraction of sp³-hybridized carbons (Fsp3) is 0.471. The Balaban J connectivity index is 1.95. The number of rotatable bonds is 4. The highest BCUT2D eigenvalue weighted by molar-refractivity contribution is 5.91. The summed E-state index contributed by atoms with van der Waals surface area (Å²) in [5, 5.41) is 3.42. The van der Waals surface area contributed by atoms with Gasteiger partial charge in [0, 0.05) is 31.2 Å². The average molecular weight is 288 g/mol. The van der Waals surface area contributed by atoms with Crippen molar-refractivity contribution in [3.05, 3.63) is 35.9 Å². The second-order valence-corrected chi connectivity index (χ2v) is 5.55. The Morgan fingerprint density at radius 1 is 1.29 bits per heavy atom. The standard InChI is InChI=1S/C17H24N2O2/c1-4-21-16-8-5-15(6-9-16)7-10-17(20)19-11-13(2)18-14(3)12-19/h5-10,13-14,18H,4,11-12H2,1-3H3. The molecule has 0 aliphatic carbocycles. The number of ether oxygens (including phenoxy) is 1. The molecule has 1 heterocycles. The summed E-state index contributed by atoms with van der Waals surface area (Å²) in [7, 11) is 0. The van der Waals surface area contributed by atoms with Gasteiger partial charge in [0.2, 0.25) is 5.91 Å². The van der Waals surface area contributed by atoms with Gasteiger partial charge in [0.1, 0.15) is 5.75 Å². The van der Waals surface area contributed by atoms with E-state index in [0.717, 1.165) is 24.4 Å². The largest absolute Gasteiger partial charge is 0.494 e. The molecule has 0 bridgehead atoms. The van der Waals surface area contributed by atoms with E-state index in [2.05, 4.69) is 19.2 Å². The zero-order chi connectivity index (χ0) is 15.2. The van der Waals surface area contributed by atoms with Crippen molar-refractivity contribution in [2.75, 3.05) is 19.7 Å². The van der Waals surface area contributed by atoms with Gasteiger partial charge in [0.15, 0.2) is 0 Å². The van der Waals surface area contributed by atoms with Crippen molar-refractivity contribution in [3.8, 4) is 5.75 Å². The van der Waals surface area contributed by atoms with Crippen LogP contribution in [0.15, 0.2) is 30.3 Å². The quantitative estimate of drug-likeness (QED) is 0.865. The molecule has 4 heteroatoms. The highest BCUT2D eigenvalue weighted by Crippen LogP contribution is 2.13. The smallest absolute Gasteiger partial charge is 0.246 e. The Kier molecular flexibility index (Phi) is 5.39. The van der Waals surface area contributed by atoms with Crippen molar-refractivity contribution < 1.29 is 9.53 Å². The minimum absolute atomic E-state index is 0.0732. The zero-order valence-electron chi connectivity index (χ0n) is 13.0. The normalized spacial score (nSPS) is 22.5. The van der Waals surface area contributed by atoms with E-state index in [9.17, 15) is 4.79 Å².